The van der Waals surface area contributed by atoms with Crippen LogP contribution >= 0.6 is 27.5 Å². The molecule has 0 fully saturated rings. The summed E-state index contributed by atoms with van der Waals surface area (Å²) in [7, 11) is 0. The molecule has 0 bridgehead atoms. The van der Waals surface area contributed by atoms with Crippen molar-refractivity contribution in [1.82, 2.24) is 13.9 Å². The van der Waals surface area contributed by atoms with Crippen molar-refractivity contribution in [2.24, 2.45) is 0 Å². The highest BCUT2D eigenvalue weighted by Crippen LogP contribution is 2.37. The van der Waals surface area contributed by atoms with Crippen molar-refractivity contribution in [3.63, 3.8) is 0 Å². The Morgan fingerprint density at radius 3 is 2.55 bits per heavy atom. The first kappa shape index (κ1) is 19.9. The predicted octanol–water partition coefficient (Wildman–Crippen LogP) is 6.84. The first-order valence-corrected chi connectivity index (χ1v) is 11.2. The van der Waals surface area contributed by atoms with Gasteiger partial charge in [0.15, 0.2) is 0 Å². The highest BCUT2D eigenvalue weighted by molar-refractivity contribution is 9.10. The van der Waals surface area contributed by atoms with Gasteiger partial charge in [-0.3, -0.25) is 0 Å². The van der Waals surface area contributed by atoms with Crippen molar-refractivity contribution in [3.8, 4) is 16.8 Å². The van der Waals surface area contributed by atoms with Gasteiger partial charge in [0.05, 0.1) is 17.7 Å². The summed E-state index contributed by atoms with van der Waals surface area (Å²) in [6.45, 7) is 9.46. The second-order valence-electron chi connectivity index (χ2n) is 7.05. The second kappa shape index (κ2) is 8.13. The Morgan fingerprint density at radius 1 is 1.10 bits per heavy atom. The van der Waals surface area contributed by atoms with Crippen molar-refractivity contribution < 1.29 is 0 Å². The van der Waals surface area contributed by atoms with E-state index in [2.05, 4.69) is 94.3 Å². The minimum Gasteiger partial charge on any atom is -0.342 e. The molecule has 0 saturated carbocycles. The molecule has 0 spiro atoms. The van der Waals surface area contributed by atoms with Crippen LogP contribution in [-0.2, 0) is 0 Å². The average Bonchev–Trinajstić information content (AvgIpc) is 3.34. The molecule has 6 heteroatoms. The van der Waals surface area contributed by atoms with Gasteiger partial charge in [-0.1, -0.05) is 12.1 Å². The largest absolute Gasteiger partial charge is 0.342 e. The van der Waals surface area contributed by atoms with Crippen LogP contribution in [0.3, 0.4) is 0 Å². The molecule has 0 saturated heterocycles. The van der Waals surface area contributed by atoms with Gasteiger partial charge in [-0.15, -0.1) is 0 Å². The van der Waals surface area contributed by atoms with Gasteiger partial charge in [0, 0.05) is 45.2 Å². The monoisotopic (exact) mass is 466 g/mol. The number of anilines is 2. The third-order valence-corrected chi connectivity index (χ3v) is 6.64. The smallest absolute Gasteiger partial charge is 0.0992 e. The number of aryl methyl sites for hydroxylation is 3. The van der Waals surface area contributed by atoms with Crippen molar-refractivity contribution >= 4 is 38.8 Å². The van der Waals surface area contributed by atoms with Gasteiger partial charge in [-0.25, -0.2) is 4.98 Å². The number of hydrogen-bond acceptors (Lipinski definition) is 4. The van der Waals surface area contributed by atoms with Crippen LogP contribution in [0.5, 0.6) is 0 Å². The lowest BCUT2D eigenvalue weighted by Gasteiger charge is -2.26. The van der Waals surface area contributed by atoms with Crippen molar-refractivity contribution in [2.45, 2.75) is 27.7 Å². The van der Waals surface area contributed by atoms with Crippen LogP contribution in [-0.4, -0.2) is 20.5 Å². The topological polar surface area (TPSA) is 34.0 Å². The quantitative estimate of drug-likeness (QED) is 0.322. The Balaban J connectivity index is 1.77. The zero-order chi connectivity index (χ0) is 20.5. The maximum Gasteiger partial charge on any atom is 0.0992 e. The van der Waals surface area contributed by atoms with E-state index in [0.29, 0.717) is 0 Å². The number of benzene rings is 2. The van der Waals surface area contributed by atoms with Gasteiger partial charge in [-0.2, -0.15) is 4.37 Å². The summed E-state index contributed by atoms with van der Waals surface area (Å²) in [6.07, 6.45) is 5.55. The molecule has 0 aliphatic heterocycles. The molecule has 0 atom stereocenters. The van der Waals surface area contributed by atoms with Gasteiger partial charge < -0.3 is 9.47 Å². The van der Waals surface area contributed by atoms with Crippen LogP contribution in [0.25, 0.3) is 16.8 Å². The number of hydrogen-bond donors (Lipinski definition) is 0. The normalized spacial score (nSPS) is 11.1. The van der Waals surface area contributed by atoms with Crippen LogP contribution in [0.2, 0.25) is 0 Å². The van der Waals surface area contributed by atoms with Crippen LogP contribution in [0.15, 0.2) is 59.6 Å². The summed E-state index contributed by atoms with van der Waals surface area (Å²) < 4.78 is 7.57. The third-order valence-electron chi connectivity index (χ3n) is 5.16. The summed E-state index contributed by atoms with van der Waals surface area (Å²) in [5.41, 5.74) is 8.27. The maximum absolute atomic E-state index is 4.53. The fourth-order valence-electron chi connectivity index (χ4n) is 3.72. The number of rotatable bonds is 5. The maximum atomic E-state index is 4.53. The van der Waals surface area contributed by atoms with Crippen LogP contribution < -0.4 is 4.90 Å². The highest BCUT2D eigenvalue weighted by atomic mass is 79.9. The van der Waals surface area contributed by atoms with E-state index >= 15 is 0 Å². The molecular weight excluding hydrogens is 444 g/mol. The minimum atomic E-state index is 0.876. The van der Waals surface area contributed by atoms with Crippen LogP contribution in [0.1, 0.15) is 23.1 Å². The summed E-state index contributed by atoms with van der Waals surface area (Å²) in [5, 5.41) is 0. The summed E-state index contributed by atoms with van der Waals surface area (Å²) in [5.74, 6) is 0. The second-order valence-corrected chi connectivity index (χ2v) is 8.88. The first-order valence-electron chi connectivity index (χ1n) is 9.59. The molecule has 0 unspecified atom stereocenters. The molecular formula is C23H23BrN4S. The van der Waals surface area contributed by atoms with E-state index in [9.17, 15) is 0 Å². The zero-order valence-electron chi connectivity index (χ0n) is 17.0. The number of halogens is 1. The third kappa shape index (κ3) is 3.74. The van der Waals surface area contributed by atoms with E-state index in [1.165, 1.54) is 27.3 Å². The van der Waals surface area contributed by atoms with Gasteiger partial charge >= 0.3 is 0 Å². The molecule has 148 valence electrons. The number of imidazole rings is 1. The van der Waals surface area contributed by atoms with E-state index in [1.54, 1.807) is 17.7 Å². The van der Waals surface area contributed by atoms with E-state index < -0.39 is 0 Å². The Morgan fingerprint density at radius 2 is 1.93 bits per heavy atom. The molecule has 2 heterocycles. The molecule has 4 rings (SSSR count). The summed E-state index contributed by atoms with van der Waals surface area (Å²) >= 11 is 5.31. The molecule has 0 N–H and O–H groups in total. The predicted molar refractivity (Wildman–Crippen MR) is 126 cm³/mol. The van der Waals surface area contributed by atoms with Crippen molar-refractivity contribution in [3.05, 3.63) is 75.7 Å². The molecule has 2 aromatic heterocycles. The number of aromatic nitrogens is 3. The van der Waals surface area contributed by atoms with Gasteiger partial charge in [0.2, 0.25) is 0 Å². The molecule has 0 aliphatic carbocycles. The van der Waals surface area contributed by atoms with Crippen molar-refractivity contribution in [1.29, 1.82) is 0 Å². The summed E-state index contributed by atoms with van der Waals surface area (Å²) in [6, 6.07) is 13.2. The molecule has 29 heavy (non-hydrogen) atoms. The molecule has 2 aromatic carbocycles. The van der Waals surface area contributed by atoms with E-state index in [4.69, 9.17) is 0 Å². The molecule has 0 aliphatic rings. The van der Waals surface area contributed by atoms with Crippen LogP contribution in [0, 0.1) is 20.8 Å². The molecule has 4 nitrogen and oxygen atoms in total. The number of nitrogens with zero attached hydrogens (tertiary/aromatic N) is 4. The van der Waals surface area contributed by atoms with Crippen molar-refractivity contribution in [2.75, 3.05) is 11.4 Å². The minimum absolute atomic E-state index is 0.876. The SMILES string of the molecule is CCN(c1ccc(-n2ccnc2)c(Br)c1)c1cc(-c2c(C)nsc2C)ccc1C. The van der Waals surface area contributed by atoms with E-state index in [1.807, 2.05) is 17.1 Å². The van der Waals surface area contributed by atoms with E-state index in [-0.39, 0.29) is 0 Å². The highest BCUT2D eigenvalue weighted by Gasteiger charge is 2.16. The average molecular weight is 467 g/mol. The van der Waals surface area contributed by atoms with Crippen LogP contribution in [0.4, 0.5) is 11.4 Å². The van der Waals surface area contributed by atoms with Gasteiger partial charge in [0.1, 0.15) is 0 Å². The Kier molecular flexibility index (Phi) is 5.56. The fraction of sp³-hybridized carbons (Fsp3) is 0.217. The Hall–Kier alpha value is -2.44. The Bertz CT molecular complexity index is 1130. The lowest BCUT2D eigenvalue weighted by atomic mass is 10.0. The first-order chi connectivity index (χ1) is 14.0. The van der Waals surface area contributed by atoms with E-state index in [0.717, 1.165) is 28.1 Å². The molecule has 4 aromatic rings. The van der Waals surface area contributed by atoms with Gasteiger partial charge in [-0.05, 0) is 90.5 Å². The fourth-order valence-corrected chi connectivity index (χ4v) is 5.01. The molecule has 0 radical (unpaired) electrons. The lowest BCUT2D eigenvalue weighted by molar-refractivity contribution is 1.01. The summed E-state index contributed by atoms with van der Waals surface area (Å²) in [4.78, 5) is 7.76. The zero-order valence-corrected chi connectivity index (χ0v) is 19.4. The standard InChI is InChI=1S/C23H23BrN4S/c1-5-28(19-8-9-21(20(24)13-19)27-11-10-25-14-27)22-12-18(7-6-15(22)2)23-16(3)26-29-17(23)4/h6-14H,5H2,1-4H3. The molecule has 0 amide bonds. The van der Waals surface area contributed by atoms with Gasteiger partial charge in [0.25, 0.3) is 0 Å². The lowest BCUT2D eigenvalue weighted by Crippen LogP contribution is -2.17. The Labute approximate surface area is 184 Å².